The van der Waals surface area contributed by atoms with Gasteiger partial charge in [0.1, 0.15) is 13.2 Å². The van der Waals surface area contributed by atoms with Gasteiger partial charge in [0.2, 0.25) is 0 Å². The molecule has 0 aromatic rings. The van der Waals surface area contributed by atoms with Crippen LogP contribution in [-0.4, -0.2) is 37.2 Å². The molecule has 0 aliphatic heterocycles. The van der Waals surface area contributed by atoms with Crippen molar-refractivity contribution in [2.24, 2.45) is 5.92 Å². The van der Waals surface area contributed by atoms with Crippen LogP contribution in [-0.2, 0) is 28.6 Å². The fourth-order valence-corrected chi connectivity index (χ4v) is 9.07. The summed E-state index contributed by atoms with van der Waals surface area (Å²) in [5.41, 5.74) is 0. The molecule has 2 atom stereocenters. The first-order valence-electron chi connectivity index (χ1n) is 29.4. The summed E-state index contributed by atoms with van der Waals surface area (Å²) in [6, 6.07) is 0. The predicted molar refractivity (Wildman–Crippen MR) is 280 cm³/mol. The van der Waals surface area contributed by atoms with Gasteiger partial charge in [-0.05, 0) is 25.2 Å². The van der Waals surface area contributed by atoms with Crippen LogP contribution in [0.4, 0.5) is 0 Å². The first-order valence-corrected chi connectivity index (χ1v) is 29.4. The number of unbranched alkanes of at least 4 members (excludes halogenated alkanes) is 40. The summed E-state index contributed by atoms with van der Waals surface area (Å²) in [6.07, 6.45) is 58.0. The van der Waals surface area contributed by atoms with Crippen LogP contribution < -0.4 is 0 Å². The standard InChI is InChI=1S/C59H114O6/c1-5-8-10-12-14-16-18-26-31-35-39-43-47-51-58(61)64-54-56(53-63-57(60)50-46-42-38-34-30-19-17-15-13-11-9-6-2)65-59(62)52-48-44-40-36-32-28-25-23-21-20-22-24-27-29-33-37-41-45-49-55(4)7-3/h55-56H,5-54H2,1-4H3/t55?,56-/m1/s1. The van der Waals surface area contributed by atoms with Crippen LogP contribution in [0.5, 0.6) is 0 Å². The van der Waals surface area contributed by atoms with Crippen molar-refractivity contribution >= 4 is 17.9 Å². The summed E-state index contributed by atoms with van der Waals surface area (Å²) in [6.45, 7) is 9.10. The first kappa shape index (κ1) is 63.4. The van der Waals surface area contributed by atoms with Gasteiger partial charge in [-0.25, -0.2) is 0 Å². The Morgan fingerprint density at radius 2 is 0.538 bits per heavy atom. The van der Waals surface area contributed by atoms with E-state index in [-0.39, 0.29) is 31.1 Å². The summed E-state index contributed by atoms with van der Waals surface area (Å²) < 4.78 is 16.9. The normalized spacial score (nSPS) is 12.4. The third kappa shape index (κ3) is 51.6. The Balaban J connectivity index is 4.23. The molecular weight excluding hydrogens is 805 g/mol. The molecule has 0 aromatic carbocycles. The number of hydrogen-bond donors (Lipinski definition) is 0. The van der Waals surface area contributed by atoms with E-state index in [4.69, 9.17) is 14.2 Å². The Kier molecular flexibility index (Phi) is 52.1. The van der Waals surface area contributed by atoms with E-state index in [1.165, 1.54) is 231 Å². The number of carbonyl (C=O) groups excluding carboxylic acids is 3. The van der Waals surface area contributed by atoms with Gasteiger partial charge in [0.25, 0.3) is 0 Å². The smallest absolute Gasteiger partial charge is 0.306 e. The zero-order valence-corrected chi connectivity index (χ0v) is 44.5. The Morgan fingerprint density at radius 1 is 0.308 bits per heavy atom. The highest BCUT2D eigenvalue weighted by atomic mass is 16.6. The van der Waals surface area contributed by atoms with Crippen molar-refractivity contribution in [1.82, 2.24) is 0 Å². The van der Waals surface area contributed by atoms with Crippen LogP contribution in [0.15, 0.2) is 0 Å². The van der Waals surface area contributed by atoms with Crippen molar-refractivity contribution in [1.29, 1.82) is 0 Å². The molecular formula is C59H114O6. The Morgan fingerprint density at radius 3 is 0.800 bits per heavy atom. The number of carbonyl (C=O) groups is 3. The fourth-order valence-electron chi connectivity index (χ4n) is 9.07. The number of esters is 3. The maximum atomic E-state index is 12.9. The second-order valence-electron chi connectivity index (χ2n) is 20.5. The van der Waals surface area contributed by atoms with Crippen molar-refractivity contribution < 1.29 is 28.6 Å². The quantitative estimate of drug-likeness (QED) is 0.0344. The van der Waals surface area contributed by atoms with Gasteiger partial charge in [-0.2, -0.15) is 0 Å². The first-order chi connectivity index (χ1) is 31.9. The summed E-state index contributed by atoms with van der Waals surface area (Å²) in [5.74, 6) is 0.0741. The second-order valence-corrected chi connectivity index (χ2v) is 20.5. The SMILES string of the molecule is CCCCCCCCCCCCCCCC(=O)OC[C@@H](COC(=O)CCCCCCCCCCCCCC)OC(=O)CCCCCCCCCCCCCCCCCCCCC(C)CC. The van der Waals surface area contributed by atoms with Crippen molar-refractivity contribution in [3.05, 3.63) is 0 Å². The van der Waals surface area contributed by atoms with Crippen molar-refractivity contribution in [2.45, 2.75) is 342 Å². The molecule has 0 saturated heterocycles. The molecule has 0 amide bonds. The number of hydrogen-bond acceptors (Lipinski definition) is 6. The van der Waals surface area contributed by atoms with Gasteiger partial charge in [0, 0.05) is 19.3 Å². The molecule has 0 fully saturated rings. The molecule has 0 saturated carbocycles. The van der Waals surface area contributed by atoms with E-state index in [9.17, 15) is 14.4 Å². The molecule has 0 N–H and O–H groups in total. The average molecular weight is 920 g/mol. The van der Waals surface area contributed by atoms with Crippen molar-refractivity contribution in [3.8, 4) is 0 Å². The van der Waals surface area contributed by atoms with Crippen LogP contribution in [0, 0.1) is 5.92 Å². The highest BCUT2D eigenvalue weighted by Crippen LogP contribution is 2.18. The van der Waals surface area contributed by atoms with E-state index in [2.05, 4.69) is 27.7 Å². The zero-order valence-electron chi connectivity index (χ0n) is 44.5. The van der Waals surface area contributed by atoms with Crippen molar-refractivity contribution in [2.75, 3.05) is 13.2 Å². The minimum Gasteiger partial charge on any atom is -0.462 e. The molecule has 65 heavy (non-hydrogen) atoms. The maximum absolute atomic E-state index is 12.9. The summed E-state index contributed by atoms with van der Waals surface area (Å²) in [5, 5.41) is 0. The van der Waals surface area contributed by atoms with Crippen LogP contribution in [0.2, 0.25) is 0 Å². The van der Waals surface area contributed by atoms with Gasteiger partial charge in [-0.3, -0.25) is 14.4 Å². The Labute approximate surface area is 406 Å². The molecule has 0 bridgehead atoms. The van der Waals surface area contributed by atoms with Crippen LogP contribution >= 0.6 is 0 Å². The van der Waals surface area contributed by atoms with Crippen LogP contribution in [0.25, 0.3) is 0 Å². The minimum atomic E-state index is -0.761. The maximum Gasteiger partial charge on any atom is 0.306 e. The van der Waals surface area contributed by atoms with E-state index in [1.807, 2.05) is 0 Å². The van der Waals surface area contributed by atoms with E-state index < -0.39 is 6.10 Å². The van der Waals surface area contributed by atoms with Gasteiger partial charge in [-0.15, -0.1) is 0 Å². The van der Waals surface area contributed by atoms with E-state index >= 15 is 0 Å². The predicted octanol–water partition coefficient (Wildman–Crippen LogP) is 19.4. The third-order valence-electron chi connectivity index (χ3n) is 13.9. The van der Waals surface area contributed by atoms with Crippen molar-refractivity contribution in [3.63, 3.8) is 0 Å². The van der Waals surface area contributed by atoms with Gasteiger partial charge in [-0.1, -0.05) is 297 Å². The molecule has 6 nitrogen and oxygen atoms in total. The fraction of sp³-hybridized carbons (Fsp3) is 0.949. The summed E-state index contributed by atoms with van der Waals surface area (Å²) >= 11 is 0. The van der Waals surface area contributed by atoms with E-state index in [0.717, 1.165) is 63.7 Å². The van der Waals surface area contributed by atoms with Gasteiger partial charge < -0.3 is 14.2 Å². The minimum absolute atomic E-state index is 0.0618. The summed E-state index contributed by atoms with van der Waals surface area (Å²) in [7, 11) is 0. The molecule has 6 heteroatoms. The molecule has 0 aliphatic carbocycles. The highest BCUT2D eigenvalue weighted by Gasteiger charge is 2.19. The lowest BCUT2D eigenvalue weighted by Crippen LogP contribution is -2.30. The monoisotopic (exact) mass is 919 g/mol. The molecule has 386 valence electrons. The topological polar surface area (TPSA) is 78.9 Å². The molecule has 0 rings (SSSR count). The molecule has 0 aliphatic rings. The Bertz CT molecular complexity index is 982. The molecule has 0 heterocycles. The average Bonchev–Trinajstić information content (AvgIpc) is 3.30. The highest BCUT2D eigenvalue weighted by molar-refractivity contribution is 5.71. The van der Waals surface area contributed by atoms with Crippen LogP contribution in [0.1, 0.15) is 336 Å². The molecule has 0 radical (unpaired) electrons. The zero-order chi connectivity index (χ0) is 47.4. The van der Waals surface area contributed by atoms with E-state index in [0.29, 0.717) is 19.3 Å². The number of rotatable bonds is 54. The van der Waals surface area contributed by atoms with Crippen LogP contribution in [0.3, 0.4) is 0 Å². The second kappa shape index (κ2) is 53.4. The third-order valence-corrected chi connectivity index (χ3v) is 13.9. The van der Waals surface area contributed by atoms with E-state index in [1.54, 1.807) is 0 Å². The van der Waals surface area contributed by atoms with Gasteiger partial charge >= 0.3 is 17.9 Å². The molecule has 0 spiro atoms. The number of ether oxygens (including phenoxy) is 3. The molecule has 0 aromatic heterocycles. The molecule has 1 unspecified atom stereocenters. The Hall–Kier alpha value is -1.59. The lowest BCUT2D eigenvalue weighted by atomic mass is 9.99. The largest absolute Gasteiger partial charge is 0.462 e. The lowest BCUT2D eigenvalue weighted by Gasteiger charge is -2.18. The van der Waals surface area contributed by atoms with Gasteiger partial charge in [0.15, 0.2) is 6.10 Å². The lowest BCUT2D eigenvalue weighted by molar-refractivity contribution is -0.167. The summed E-state index contributed by atoms with van der Waals surface area (Å²) in [4.78, 5) is 38.1. The van der Waals surface area contributed by atoms with Gasteiger partial charge in [0.05, 0.1) is 0 Å².